The Morgan fingerprint density at radius 3 is 2.42 bits per heavy atom. The SMILES string of the molecule is COC1CC(C2CCC(C(F)(F)F)CC2)N(C2NCNC(NCC3CCC(C)NC3)C2F)C1. The van der Waals surface area contributed by atoms with Crippen LogP contribution < -0.4 is 21.3 Å². The van der Waals surface area contributed by atoms with E-state index in [9.17, 15) is 13.2 Å². The number of nitrogens with zero attached hydrogens (tertiary/aromatic N) is 1. The molecule has 7 unspecified atom stereocenters. The average Bonchev–Trinajstić information content (AvgIpc) is 3.23. The van der Waals surface area contributed by atoms with Crippen molar-refractivity contribution in [1.29, 1.82) is 0 Å². The van der Waals surface area contributed by atoms with Gasteiger partial charge in [-0.05, 0) is 70.3 Å². The molecule has 33 heavy (non-hydrogen) atoms. The van der Waals surface area contributed by atoms with Gasteiger partial charge in [-0.25, -0.2) is 4.39 Å². The molecule has 3 heterocycles. The summed E-state index contributed by atoms with van der Waals surface area (Å²) in [5.74, 6) is -0.558. The predicted octanol–water partition coefficient (Wildman–Crippen LogP) is 2.56. The lowest BCUT2D eigenvalue weighted by Gasteiger charge is -2.45. The second kappa shape index (κ2) is 11.0. The first-order valence-electron chi connectivity index (χ1n) is 12.7. The van der Waals surface area contributed by atoms with Gasteiger partial charge in [-0.2, -0.15) is 13.2 Å². The van der Waals surface area contributed by atoms with E-state index >= 15 is 4.39 Å². The molecule has 0 aromatic heterocycles. The van der Waals surface area contributed by atoms with E-state index in [4.69, 9.17) is 4.74 Å². The van der Waals surface area contributed by atoms with Crippen molar-refractivity contribution in [3.63, 3.8) is 0 Å². The summed E-state index contributed by atoms with van der Waals surface area (Å²) in [6.45, 7) is 5.00. The molecule has 4 aliphatic rings. The standard InChI is InChI=1S/C23H41F4N5O/c1-14-3-4-15(10-28-14)11-29-21-20(24)22(31-13-30-21)32-12-18(33-2)9-19(32)16-5-7-17(8-6-16)23(25,26)27/h14-22,28-31H,3-13H2,1-2H3. The Hall–Kier alpha value is -0.520. The number of rotatable bonds is 6. The number of likely N-dealkylation sites (tertiary alicyclic amines) is 1. The molecular weight excluding hydrogens is 438 g/mol. The molecule has 0 aromatic rings. The minimum absolute atomic E-state index is 0.0130. The minimum Gasteiger partial charge on any atom is -0.380 e. The molecular formula is C23H41F4N5O. The largest absolute Gasteiger partial charge is 0.391 e. The summed E-state index contributed by atoms with van der Waals surface area (Å²) in [4.78, 5) is 2.15. The van der Waals surface area contributed by atoms with Gasteiger partial charge in [-0.15, -0.1) is 0 Å². The highest BCUT2D eigenvalue weighted by Crippen LogP contribution is 2.43. The van der Waals surface area contributed by atoms with Gasteiger partial charge in [0.05, 0.1) is 24.4 Å². The number of methoxy groups -OCH3 is 1. The maximum absolute atomic E-state index is 15.7. The molecule has 0 amide bonds. The predicted molar refractivity (Wildman–Crippen MR) is 119 cm³/mol. The highest BCUT2D eigenvalue weighted by molar-refractivity contribution is 4.99. The van der Waals surface area contributed by atoms with Crippen LogP contribution in [0.3, 0.4) is 0 Å². The Morgan fingerprint density at radius 2 is 1.79 bits per heavy atom. The van der Waals surface area contributed by atoms with E-state index in [0.29, 0.717) is 38.0 Å². The summed E-state index contributed by atoms with van der Waals surface area (Å²) in [7, 11) is 1.66. The lowest BCUT2D eigenvalue weighted by atomic mass is 9.77. The minimum atomic E-state index is -4.11. The van der Waals surface area contributed by atoms with E-state index < -0.39 is 30.6 Å². The van der Waals surface area contributed by atoms with Gasteiger partial charge < -0.3 is 10.1 Å². The Kier molecular flexibility index (Phi) is 8.55. The maximum atomic E-state index is 15.7. The molecule has 0 radical (unpaired) electrons. The molecule has 0 aromatic carbocycles. The van der Waals surface area contributed by atoms with Gasteiger partial charge in [0.25, 0.3) is 0 Å². The van der Waals surface area contributed by atoms with Crippen molar-refractivity contribution >= 4 is 0 Å². The summed E-state index contributed by atoms with van der Waals surface area (Å²) in [5.41, 5.74) is 0. The number of alkyl halides is 4. The van der Waals surface area contributed by atoms with Crippen molar-refractivity contribution < 1.29 is 22.3 Å². The summed E-state index contributed by atoms with van der Waals surface area (Å²) >= 11 is 0. The van der Waals surface area contributed by atoms with Crippen LogP contribution in [0.5, 0.6) is 0 Å². The number of halogens is 4. The van der Waals surface area contributed by atoms with Gasteiger partial charge in [-0.3, -0.25) is 20.9 Å². The van der Waals surface area contributed by atoms with Crippen molar-refractivity contribution in [2.24, 2.45) is 17.8 Å². The normalized spacial score (nSPS) is 43.6. The van der Waals surface area contributed by atoms with Crippen LogP contribution >= 0.6 is 0 Å². The molecule has 1 aliphatic carbocycles. The molecule has 6 nitrogen and oxygen atoms in total. The van der Waals surface area contributed by atoms with Crippen LogP contribution in [-0.2, 0) is 4.74 Å². The molecule has 7 atom stereocenters. The zero-order valence-electron chi connectivity index (χ0n) is 19.8. The van der Waals surface area contributed by atoms with Crippen LogP contribution in [0.2, 0.25) is 0 Å². The highest BCUT2D eigenvalue weighted by Gasteiger charge is 2.48. The molecule has 4 N–H and O–H groups in total. The zero-order valence-corrected chi connectivity index (χ0v) is 19.8. The molecule has 0 spiro atoms. The fourth-order valence-electron chi connectivity index (χ4n) is 6.33. The van der Waals surface area contributed by atoms with Crippen molar-refractivity contribution in [3.05, 3.63) is 0 Å². The fraction of sp³-hybridized carbons (Fsp3) is 1.00. The molecule has 1 saturated carbocycles. The first kappa shape index (κ1) is 25.6. The fourth-order valence-corrected chi connectivity index (χ4v) is 6.33. The highest BCUT2D eigenvalue weighted by atomic mass is 19.4. The number of ether oxygens (including phenoxy) is 1. The first-order valence-corrected chi connectivity index (χ1v) is 12.7. The lowest BCUT2D eigenvalue weighted by Crippen LogP contribution is -2.69. The van der Waals surface area contributed by atoms with Crippen molar-refractivity contribution in [2.75, 3.05) is 33.4 Å². The third-order valence-corrected chi connectivity index (χ3v) is 8.46. The van der Waals surface area contributed by atoms with Gasteiger partial charge in [0.2, 0.25) is 0 Å². The molecule has 10 heteroatoms. The van der Waals surface area contributed by atoms with Crippen LogP contribution in [0.4, 0.5) is 17.6 Å². The van der Waals surface area contributed by atoms with E-state index in [0.717, 1.165) is 32.4 Å². The van der Waals surface area contributed by atoms with E-state index in [-0.39, 0.29) is 30.9 Å². The molecule has 4 fully saturated rings. The van der Waals surface area contributed by atoms with Crippen molar-refractivity contribution in [3.8, 4) is 0 Å². The van der Waals surface area contributed by atoms with Crippen molar-refractivity contribution in [1.82, 2.24) is 26.2 Å². The number of piperidine rings is 1. The number of nitrogens with one attached hydrogen (secondary N) is 4. The van der Waals surface area contributed by atoms with Gasteiger partial charge in [0.1, 0.15) is 0 Å². The number of hydrogen-bond donors (Lipinski definition) is 4. The van der Waals surface area contributed by atoms with Gasteiger partial charge >= 0.3 is 6.18 Å². The van der Waals surface area contributed by atoms with Crippen LogP contribution in [0.1, 0.15) is 51.9 Å². The van der Waals surface area contributed by atoms with E-state index in [1.165, 1.54) is 0 Å². The van der Waals surface area contributed by atoms with Crippen LogP contribution in [0.25, 0.3) is 0 Å². The molecule has 0 bridgehead atoms. The second-order valence-electron chi connectivity index (χ2n) is 10.6. The third-order valence-electron chi connectivity index (χ3n) is 8.46. The third kappa shape index (κ3) is 6.19. The topological polar surface area (TPSA) is 60.6 Å². The smallest absolute Gasteiger partial charge is 0.380 e. The monoisotopic (exact) mass is 479 g/mol. The average molecular weight is 480 g/mol. The summed E-state index contributed by atoms with van der Waals surface area (Å²) in [5, 5.41) is 13.4. The van der Waals surface area contributed by atoms with Crippen molar-refractivity contribution in [2.45, 2.75) is 94.7 Å². The van der Waals surface area contributed by atoms with E-state index in [1.54, 1.807) is 7.11 Å². The molecule has 3 saturated heterocycles. The van der Waals surface area contributed by atoms with Gasteiger partial charge in [0.15, 0.2) is 6.17 Å². The summed E-state index contributed by atoms with van der Waals surface area (Å²) in [6, 6.07) is 0.589. The Balaban J connectivity index is 1.36. The maximum Gasteiger partial charge on any atom is 0.391 e. The number of hydrogen-bond acceptors (Lipinski definition) is 6. The molecule has 192 valence electrons. The van der Waals surface area contributed by atoms with Gasteiger partial charge in [-0.1, -0.05) is 0 Å². The van der Waals surface area contributed by atoms with Crippen LogP contribution in [-0.4, -0.2) is 81.2 Å². The van der Waals surface area contributed by atoms with Gasteiger partial charge in [0, 0.05) is 39.0 Å². The summed E-state index contributed by atoms with van der Waals surface area (Å²) in [6.07, 6.45) is -1.76. The van der Waals surface area contributed by atoms with E-state index in [1.807, 2.05) is 0 Å². The summed E-state index contributed by atoms with van der Waals surface area (Å²) < 4.78 is 60.8. The quantitative estimate of drug-likeness (QED) is 0.440. The first-order chi connectivity index (χ1) is 15.8. The second-order valence-corrected chi connectivity index (χ2v) is 10.6. The molecule has 3 aliphatic heterocycles. The zero-order chi connectivity index (χ0) is 23.6. The van der Waals surface area contributed by atoms with Crippen LogP contribution in [0.15, 0.2) is 0 Å². The Labute approximate surface area is 194 Å². The Bertz CT molecular complexity index is 610. The molecule has 4 rings (SSSR count). The van der Waals surface area contributed by atoms with Crippen LogP contribution in [0, 0.1) is 17.8 Å². The lowest BCUT2D eigenvalue weighted by molar-refractivity contribution is -0.185. The Morgan fingerprint density at radius 1 is 1.03 bits per heavy atom. The van der Waals surface area contributed by atoms with E-state index in [2.05, 4.69) is 33.1 Å².